The molecule has 1 N–H and O–H groups in total. The zero-order valence-electron chi connectivity index (χ0n) is 8.32. The van der Waals surface area contributed by atoms with Crippen molar-refractivity contribution in [2.24, 2.45) is 0 Å². The van der Waals surface area contributed by atoms with Gasteiger partial charge in [-0.25, -0.2) is 0 Å². The Balaban J connectivity index is 1.94. The molecule has 0 unspecified atom stereocenters. The number of rotatable bonds is 3. The molecule has 1 aromatic heterocycles. The van der Waals surface area contributed by atoms with Gasteiger partial charge in [0, 0.05) is 16.3 Å². The molecule has 1 nitrogen and oxygen atoms in total. The van der Waals surface area contributed by atoms with Gasteiger partial charge in [0.1, 0.15) is 5.54 Å². The lowest BCUT2D eigenvalue weighted by Crippen LogP contribution is -2.44. The fourth-order valence-corrected chi connectivity index (χ4v) is 2.35. The second-order valence-corrected chi connectivity index (χ2v) is 5.32. The summed E-state index contributed by atoms with van der Waals surface area (Å²) in [5.74, 6) is 0. The third-order valence-electron chi connectivity index (χ3n) is 2.69. The van der Waals surface area contributed by atoms with Gasteiger partial charge in [0.05, 0.1) is 0 Å². The Kier molecular flexibility index (Phi) is 2.55. The molecule has 1 fully saturated rings. The number of hydrogen-bond acceptors (Lipinski definition) is 2. The quantitative estimate of drug-likeness (QED) is 0.848. The molecule has 1 aromatic rings. The van der Waals surface area contributed by atoms with E-state index >= 15 is 0 Å². The van der Waals surface area contributed by atoms with Gasteiger partial charge < -0.3 is 0 Å². The van der Waals surface area contributed by atoms with Gasteiger partial charge in [-0.1, -0.05) is 0 Å². The SMILES string of the molecule is Cc1ccc(CNC2(C(F)(F)F)CC2)s1. The summed E-state index contributed by atoms with van der Waals surface area (Å²) in [6.45, 7) is 2.27. The minimum absolute atomic E-state index is 0.209. The molecule has 1 aliphatic carbocycles. The number of thiophene rings is 1. The molecule has 0 bridgehead atoms. The fourth-order valence-electron chi connectivity index (χ4n) is 1.52. The molecule has 0 aromatic carbocycles. The largest absolute Gasteiger partial charge is 0.406 e. The van der Waals surface area contributed by atoms with E-state index in [4.69, 9.17) is 0 Å². The zero-order valence-corrected chi connectivity index (χ0v) is 9.13. The summed E-state index contributed by atoms with van der Waals surface area (Å²) >= 11 is 1.54. The summed E-state index contributed by atoms with van der Waals surface area (Å²) < 4.78 is 37.6. The molecule has 0 amide bonds. The standard InChI is InChI=1S/C10H12F3NS/c1-7-2-3-8(15-7)6-14-9(4-5-9)10(11,12)13/h2-3,14H,4-6H2,1H3. The fraction of sp³-hybridized carbons (Fsp3) is 0.600. The number of alkyl halides is 3. The maximum absolute atomic E-state index is 12.5. The summed E-state index contributed by atoms with van der Waals surface area (Å²) in [7, 11) is 0. The summed E-state index contributed by atoms with van der Waals surface area (Å²) in [5.41, 5.74) is -1.59. The molecule has 15 heavy (non-hydrogen) atoms. The molecule has 0 radical (unpaired) electrons. The van der Waals surface area contributed by atoms with E-state index in [0.717, 1.165) is 9.75 Å². The third kappa shape index (κ3) is 2.18. The van der Waals surface area contributed by atoms with Crippen LogP contribution in [0.1, 0.15) is 22.6 Å². The molecule has 1 heterocycles. The van der Waals surface area contributed by atoms with Crippen molar-refractivity contribution in [3.63, 3.8) is 0 Å². The lowest BCUT2D eigenvalue weighted by atomic mass is 10.2. The third-order valence-corrected chi connectivity index (χ3v) is 3.69. The predicted molar refractivity (Wildman–Crippen MR) is 53.9 cm³/mol. The van der Waals surface area contributed by atoms with Crippen LogP contribution in [0.15, 0.2) is 12.1 Å². The first-order valence-electron chi connectivity index (χ1n) is 4.80. The normalized spacial score (nSPS) is 19.2. The Morgan fingerprint density at radius 1 is 1.40 bits per heavy atom. The molecule has 0 atom stereocenters. The van der Waals surface area contributed by atoms with Crippen molar-refractivity contribution in [3.05, 3.63) is 21.9 Å². The van der Waals surface area contributed by atoms with E-state index in [2.05, 4.69) is 5.32 Å². The lowest BCUT2D eigenvalue weighted by molar-refractivity contribution is -0.166. The Morgan fingerprint density at radius 2 is 2.07 bits per heavy atom. The first-order valence-corrected chi connectivity index (χ1v) is 5.62. The molecular formula is C10H12F3NS. The summed E-state index contributed by atoms with van der Waals surface area (Å²) in [5, 5.41) is 2.63. The van der Waals surface area contributed by atoms with Gasteiger partial charge >= 0.3 is 6.18 Å². The van der Waals surface area contributed by atoms with Crippen LogP contribution in [0.4, 0.5) is 13.2 Å². The van der Waals surface area contributed by atoms with Crippen LogP contribution in [-0.4, -0.2) is 11.7 Å². The van der Waals surface area contributed by atoms with Crippen molar-refractivity contribution in [2.45, 2.75) is 38.0 Å². The Morgan fingerprint density at radius 3 is 2.47 bits per heavy atom. The van der Waals surface area contributed by atoms with E-state index in [1.807, 2.05) is 19.1 Å². The van der Waals surface area contributed by atoms with E-state index in [0.29, 0.717) is 6.54 Å². The Labute approximate surface area is 90.3 Å². The van der Waals surface area contributed by atoms with Crippen LogP contribution in [0.3, 0.4) is 0 Å². The van der Waals surface area contributed by atoms with Crippen molar-refractivity contribution in [2.75, 3.05) is 0 Å². The second-order valence-electron chi connectivity index (χ2n) is 3.95. The minimum Gasteiger partial charge on any atom is -0.299 e. The van der Waals surface area contributed by atoms with Gasteiger partial charge in [0.15, 0.2) is 0 Å². The van der Waals surface area contributed by atoms with E-state index in [1.54, 1.807) is 0 Å². The van der Waals surface area contributed by atoms with E-state index in [-0.39, 0.29) is 12.8 Å². The smallest absolute Gasteiger partial charge is 0.299 e. The average Bonchev–Trinajstić information content (AvgIpc) is 2.82. The molecule has 0 saturated heterocycles. The maximum Gasteiger partial charge on any atom is 0.406 e. The van der Waals surface area contributed by atoms with Gasteiger partial charge in [-0.05, 0) is 31.9 Å². The van der Waals surface area contributed by atoms with Crippen molar-refractivity contribution in [1.29, 1.82) is 0 Å². The number of nitrogens with one attached hydrogen (secondary N) is 1. The first-order chi connectivity index (χ1) is 6.93. The molecule has 1 saturated carbocycles. The highest BCUT2D eigenvalue weighted by atomic mass is 32.1. The van der Waals surface area contributed by atoms with Gasteiger partial charge in [0.2, 0.25) is 0 Å². The van der Waals surface area contributed by atoms with E-state index in [1.165, 1.54) is 11.3 Å². The van der Waals surface area contributed by atoms with Crippen LogP contribution >= 0.6 is 11.3 Å². The Bertz CT molecular complexity index is 352. The van der Waals surface area contributed by atoms with Crippen molar-refractivity contribution < 1.29 is 13.2 Å². The second kappa shape index (κ2) is 3.49. The zero-order chi connectivity index (χ0) is 11.1. The summed E-state index contributed by atoms with van der Waals surface area (Å²) in [4.78, 5) is 2.09. The van der Waals surface area contributed by atoms with E-state index < -0.39 is 11.7 Å². The molecule has 84 valence electrons. The maximum atomic E-state index is 12.5. The van der Waals surface area contributed by atoms with Crippen LogP contribution in [-0.2, 0) is 6.54 Å². The van der Waals surface area contributed by atoms with Gasteiger partial charge in [-0.3, -0.25) is 5.32 Å². The molecule has 2 rings (SSSR count). The Hall–Kier alpha value is -0.550. The molecule has 5 heteroatoms. The first kappa shape index (κ1) is 11.0. The lowest BCUT2D eigenvalue weighted by Gasteiger charge is -2.20. The number of halogens is 3. The monoisotopic (exact) mass is 235 g/mol. The minimum atomic E-state index is -4.11. The van der Waals surface area contributed by atoms with Crippen LogP contribution in [0.25, 0.3) is 0 Å². The summed E-state index contributed by atoms with van der Waals surface area (Å²) in [6, 6.07) is 3.80. The average molecular weight is 235 g/mol. The van der Waals surface area contributed by atoms with Crippen molar-refractivity contribution in [3.8, 4) is 0 Å². The predicted octanol–water partition coefficient (Wildman–Crippen LogP) is 3.24. The van der Waals surface area contributed by atoms with Crippen molar-refractivity contribution in [1.82, 2.24) is 5.32 Å². The molecule has 1 aliphatic rings. The van der Waals surface area contributed by atoms with Crippen LogP contribution in [0, 0.1) is 6.92 Å². The van der Waals surface area contributed by atoms with Gasteiger partial charge in [0.25, 0.3) is 0 Å². The highest BCUT2D eigenvalue weighted by molar-refractivity contribution is 7.11. The van der Waals surface area contributed by atoms with Crippen LogP contribution < -0.4 is 5.32 Å². The molecule has 0 aliphatic heterocycles. The molecule has 0 spiro atoms. The van der Waals surface area contributed by atoms with E-state index in [9.17, 15) is 13.2 Å². The topological polar surface area (TPSA) is 12.0 Å². The van der Waals surface area contributed by atoms with Crippen LogP contribution in [0.5, 0.6) is 0 Å². The van der Waals surface area contributed by atoms with Gasteiger partial charge in [-0.15, -0.1) is 11.3 Å². The summed E-state index contributed by atoms with van der Waals surface area (Å²) in [6.07, 6.45) is -3.69. The number of aryl methyl sites for hydroxylation is 1. The highest BCUT2D eigenvalue weighted by Crippen LogP contribution is 2.49. The molecular weight excluding hydrogens is 223 g/mol. The van der Waals surface area contributed by atoms with Crippen molar-refractivity contribution >= 4 is 11.3 Å². The van der Waals surface area contributed by atoms with Gasteiger partial charge in [-0.2, -0.15) is 13.2 Å². The van der Waals surface area contributed by atoms with Crippen LogP contribution in [0.2, 0.25) is 0 Å². The number of hydrogen-bond donors (Lipinski definition) is 1. The highest BCUT2D eigenvalue weighted by Gasteiger charge is 2.62.